The Hall–Kier alpha value is -1.42. The molecular weight excluding hydrogens is 245 g/mol. The normalized spacial score (nSPS) is 22.4. The van der Waals surface area contributed by atoms with Gasteiger partial charge in [-0.2, -0.15) is 0 Å². The molecule has 1 fully saturated rings. The number of nitrogens with one attached hydrogen (secondary N) is 1. The Balaban J connectivity index is 1.98. The first-order chi connectivity index (χ1) is 9.18. The maximum Gasteiger partial charge on any atom is 0.313 e. The van der Waals surface area contributed by atoms with Gasteiger partial charge < -0.3 is 10.1 Å². The lowest BCUT2D eigenvalue weighted by Gasteiger charge is -2.25. The number of carbonyl (C=O) groups excluding carboxylic acids is 1. The number of hydrogen-bond donors (Lipinski definition) is 1. The molecule has 0 spiro atoms. The summed E-state index contributed by atoms with van der Waals surface area (Å²) in [6, 6.07) is 6.38. The van der Waals surface area contributed by atoms with Gasteiger partial charge in [0.2, 0.25) is 0 Å². The van der Waals surface area contributed by atoms with Crippen LogP contribution >= 0.6 is 0 Å². The minimum absolute atomic E-state index is 0.0109. The number of halogens is 1. The third kappa shape index (κ3) is 3.13. The lowest BCUT2D eigenvalue weighted by atomic mass is 9.82. The fourth-order valence-electron chi connectivity index (χ4n) is 2.62. The molecule has 0 amide bonds. The molecule has 1 heterocycles. The molecule has 104 valence electrons. The van der Waals surface area contributed by atoms with Crippen molar-refractivity contribution in [2.24, 2.45) is 5.41 Å². The molecule has 1 atom stereocenters. The van der Waals surface area contributed by atoms with Crippen molar-refractivity contribution in [3.05, 3.63) is 35.6 Å². The van der Waals surface area contributed by atoms with E-state index in [1.807, 2.05) is 0 Å². The molecule has 3 nitrogen and oxygen atoms in total. The van der Waals surface area contributed by atoms with E-state index in [-0.39, 0.29) is 18.4 Å². The van der Waals surface area contributed by atoms with Gasteiger partial charge in [-0.25, -0.2) is 4.39 Å². The highest BCUT2D eigenvalue weighted by molar-refractivity contribution is 5.77. The van der Waals surface area contributed by atoms with Crippen LogP contribution in [0.1, 0.15) is 31.7 Å². The number of esters is 1. The summed E-state index contributed by atoms with van der Waals surface area (Å²) in [4.78, 5) is 12.3. The Morgan fingerprint density at radius 3 is 2.89 bits per heavy atom. The minimum atomic E-state index is -0.417. The summed E-state index contributed by atoms with van der Waals surface area (Å²) in [6.45, 7) is 3.58. The minimum Gasteiger partial charge on any atom is -0.460 e. The molecule has 0 bridgehead atoms. The summed E-state index contributed by atoms with van der Waals surface area (Å²) in [5.74, 6) is -0.535. The van der Waals surface area contributed by atoms with Crippen molar-refractivity contribution >= 4 is 5.97 Å². The van der Waals surface area contributed by atoms with Crippen LogP contribution in [-0.4, -0.2) is 19.1 Å². The maximum absolute atomic E-state index is 13.5. The molecule has 1 aromatic carbocycles. The molecular formula is C15H20FNO2. The predicted octanol–water partition coefficient (Wildman–Crippen LogP) is 2.65. The summed E-state index contributed by atoms with van der Waals surface area (Å²) in [5, 5.41) is 3.21. The topological polar surface area (TPSA) is 38.3 Å². The van der Waals surface area contributed by atoms with E-state index in [2.05, 4.69) is 12.2 Å². The summed E-state index contributed by atoms with van der Waals surface area (Å²) in [6.07, 6.45) is 2.56. The molecule has 1 aliphatic heterocycles. The van der Waals surface area contributed by atoms with Gasteiger partial charge in [0, 0.05) is 12.1 Å². The van der Waals surface area contributed by atoms with Gasteiger partial charge in [0.05, 0.1) is 5.41 Å². The number of rotatable bonds is 5. The van der Waals surface area contributed by atoms with E-state index in [0.29, 0.717) is 12.1 Å². The van der Waals surface area contributed by atoms with Crippen LogP contribution in [0.4, 0.5) is 4.39 Å². The van der Waals surface area contributed by atoms with Gasteiger partial charge in [-0.05, 0) is 25.5 Å². The Kier molecular flexibility index (Phi) is 4.53. The van der Waals surface area contributed by atoms with Crippen LogP contribution in [0.5, 0.6) is 0 Å². The average molecular weight is 265 g/mol. The van der Waals surface area contributed by atoms with Gasteiger partial charge in [-0.15, -0.1) is 0 Å². The van der Waals surface area contributed by atoms with Gasteiger partial charge >= 0.3 is 5.97 Å². The Labute approximate surface area is 113 Å². The van der Waals surface area contributed by atoms with Crippen LogP contribution in [0, 0.1) is 11.2 Å². The highest BCUT2D eigenvalue weighted by Gasteiger charge is 2.41. The summed E-state index contributed by atoms with van der Waals surface area (Å²) in [5.41, 5.74) is 0.00783. The van der Waals surface area contributed by atoms with Crippen LogP contribution in [0.15, 0.2) is 24.3 Å². The second-order valence-electron chi connectivity index (χ2n) is 5.12. The zero-order valence-corrected chi connectivity index (χ0v) is 11.2. The van der Waals surface area contributed by atoms with Crippen molar-refractivity contribution in [1.29, 1.82) is 0 Å². The first-order valence-corrected chi connectivity index (χ1v) is 6.79. The van der Waals surface area contributed by atoms with Crippen LogP contribution in [0.25, 0.3) is 0 Å². The first kappa shape index (κ1) is 14.0. The van der Waals surface area contributed by atoms with Crippen LogP contribution in [0.2, 0.25) is 0 Å². The highest BCUT2D eigenvalue weighted by Crippen LogP contribution is 2.32. The average Bonchev–Trinajstić information content (AvgIpc) is 2.88. The second-order valence-corrected chi connectivity index (χ2v) is 5.12. The molecule has 1 N–H and O–H groups in total. The van der Waals surface area contributed by atoms with Crippen molar-refractivity contribution in [2.75, 3.05) is 13.1 Å². The lowest BCUT2D eigenvalue weighted by Crippen LogP contribution is -2.35. The fraction of sp³-hybridized carbons (Fsp3) is 0.533. The zero-order chi connectivity index (χ0) is 13.7. The van der Waals surface area contributed by atoms with E-state index in [1.165, 1.54) is 6.07 Å². The van der Waals surface area contributed by atoms with Gasteiger partial charge in [-0.1, -0.05) is 31.5 Å². The standard InChI is InChI=1S/C15H20FNO2/c1-2-7-15(8-9-17-11-15)14(18)19-10-12-5-3-4-6-13(12)16/h3-6,17H,2,7-11H2,1H3. The molecule has 0 saturated carbocycles. The monoisotopic (exact) mass is 265 g/mol. The van der Waals surface area contributed by atoms with Crippen molar-refractivity contribution < 1.29 is 13.9 Å². The molecule has 0 aromatic heterocycles. The molecule has 0 aliphatic carbocycles. The van der Waals surface area contributed by atoms with Gasteiger partial charge in [-0.3, -0.25) is 4.79 Å². The second kappa shape index (κ2) is 6.15. The van der Waals surface area contributed by atoms with E-state index >= 15 is 0 Å². The molecule has 1 aromatic rings. The van der Waals surface area contributed by atoms with Gasteiger partial charge in [0.1, 0.15) is 12.4 Å². The quantitative estimate of drug-likeness (QED) is 0.832. The van der Waals surface area contributed by atoms with E-state index in [9.17, 15) is 9.18 Å². The molecule has 1 saturated heterocycles. The number of benzene rings is 1. The summed E-state index contributed by atoms with van der Waals surface area (Å²) < 4.78 is 18.8. The molecule has 19 heavy (non-hydrogen) atoms. The molecule has 2 rings (SSSR count). The molecule has 4 heteroatoms. The van der Waals surface area contributed by atoms with E-state index in [1.54, 1.807) is 18.2 Å². The number of hydrogen-bond acceptors (Lipinski definition) is 3. The van der Waals surface area contributed by atoms with Gasteiger partial charge in [0.15, 0.2) is 0 Å². The Morgan fingerprint density at radius 1 is 1.47 bits per heavy atom. The van der Waals surface area contributed by atoms with Crippen molar-refractivity contribution in [1.82, 2.24) is 5.32 Å². The largest absolute Gasteiger partial charge is 0.460 e. The molecule has 1 aliphatic rings. The summed E-state index contributed by atoms with van der Waals surface area (Å²) in [7, 11) is 0. The van der Waals surface area contributed by atoms with E-state index in [0.717, 1.165) is 25.8 Å². The highest BCUT2D eigenvalue weighted by atomic mass is 19.1. The SMILES string of the molecule is CCCC1(C(=O)OCc2ccccc2F)CCNC1. The van der Waals surface area contributed by atoms with Crippen LogP contribution < -0.4 is 5.32 Å². The predicted molar refractivity (Wildman–Crippen MR) is 71.0 cm³/mol. The Morgan fingerprint density at radius 2 is 2.26 bits per heavy atom. The lowest BCUT2D eigenvalue weighted by molar-refractivity contribution is -0.156. The third-order valence-corrected chi connectivity index (χ3v) is 3.72. The maximum atomic E-state index is 13.5. The fourth-order valence-corrected chi connectivity index (χ4v) is 2.62. The van der Waals surface area contributed by atoms with Crippen molar-refractivity contribution in [3.63, 3.8) is 0 Å². The van der Waals surface area contributed by atoms with Gasteiger partial charge in [0.25, 0.3) is 0 Å². The van der Waals surface area contributed by atoms with E-state index in [4.69, 9.17) is 4.74 Å². The summed E-state index contributed by atoms with van der Waals surface area (Å²) >= 11 is 0. The van der Waals surface area contributed by atoms with Crippen LogP contribution in [0.3, 0.4) is 0 Å². The van der Waals surface area contributed by atoms with Crippen molar-refractivity contribution in [3.8, 4) is 0 Å². The smallest absolute Gasteiger partial charge is 0.313 e. The third-order valence-electron chi connectivity index (χ3n) is 3.72. The molecule has 0 radical (unpaired) electrons. The van der Waals surface area contributed by atoms with Crippen LogP contribution in [-0.2, 0) is 16.1 Å². The first-order valence-electron chi connectivity index (χ1n) is 6.79. The Bertz CT molecular complexity index is 442. The van der Waals surface area contributed by atoms with Crippen molar-refractivity contribution in [2.45, 2.75) is 32.8 Å². The number of ether oxygens (including phenoxy) is 1. The zero-order valence-electron chi connectivity index (χ0n) is 11.2. The number of carbonyl (C=O) groups is 1. The molecule has 1 unspecified atom stereocenters. The van der Waals surface area contributed by atoms with E-state index < -0.39 is 5.41 Å².